The Hall–Kier alpha value is -1.17. The van der Waals surface area contributed by atoms with Crippen LogP contribution in [0.1, 0.15) is 49.4 Å². The second kappa shape index (κ2) is 9.85. The van der Waals surface area contributed by atoms with Gasteiger partial charge in [0.25, 0.3) is 0 Å². The Kier molecular flexibility index (Phi) is 8.52. The summed E-state index contributed by atoms with van der Waals surface area (Å²) < 4.78 is 0. The average molecular weight is 341 g/mol. The van der Waals surface area contributed by atoms with E-state index in [4.69, 9.17) is 11.5 Å². The number of Topliss-reactive ketones (excluding diaryl/α,β-unsaturated/α-hetero) is 1. The molecule has 1 aromatic heterocycles. The van der Waals surface area contributed by atoms with Crippen molar-refractivity contribution in [2.24, 2.45) is 11.7 Å². The van der Waals surface area contributed by atoms with Gasteiger partial charge in [0.15, 0.2) is 5.78 Å². The number of nitrogens with two attached hydrogens (primary N) is 2. The van der Waals surface area contributed by atoms with Crippen molar-refractivity contribution >= 4 is 24.0 Å². The van der Waals surface area contributed by atoms with E-state index in [1.807, 2.05) is 0 Å². The molecule has 1 aliphatic heterocycles. The van der Waals surface area contributed by atoms with Crippen LogP contribution in [0.5, 0.6) is 0 Å². The van der Waals surface area contributed by atoms with Crippen molar-refractivity contribution in [1.29, 1.82) is 0 Å². The molecule has 1 aliphatic rings. The summed E-state index contributed by atoms with van der Waals surface area (Å²) in [4.78, 5) is 18.5. The minimum atomic E-state index is 0. The standard InChI is InChI=1S/C17H28N4O.ClH/c1-2-13-7-9-21(10-8-13)12-15(18)4-5-16(22)14-3-6-17(19)20-11-14;/h3,6,11,13,15H,2,4-5,7-10,12,18H2,1H3,(H2,19,20);1H/t15-;/m0./s1. The molecule has 0 radical (unpaired) electrons. The van der Waals surface area contributed by atoms with Crippen LogP contribution in [-0.2, 0) is 0 Å². The number of anilines is 1. The van der Waals surface area contributed by atoms with Gasteiger partial charge in [-0.15, -0.1) is 12.4 Å². The maximum atomic E-state index is 12.1. The van der Waals surface area contributed by atoms with Crippen molar-refractivity contribution in [3.05, 3.63) is 23.9 Å². The summed E-state index contributed by atoms with van der Waals surface area (Å²) in [6.45, 7) is 5.44. The van der Waals surface area contributed by atoms with Crippen LogP contribution in [0.15, 0.2) is 18.3 Å². The van der Waals surface area contributed by atoms with E-state index in [1.54, 1.807) is 18.3 Å². The first kappa shape index (κ1) is 19.9. The number of carbonyl (C=O) groups is 1. The van der Waals surface area contributed by atoms with E-state index in [9.17, 15) is 4.79 Å². The van der Waals surface area contributed by atoms with Crippen LogP contribution in [0.2, 0.25) is 0 Å². The Labute approximate surface area is 145 Å². The fourth-order valence-electron chi connectivity index (χ4n) is 3.03. The minimum absolute atomic E-state index is 0. The topological polar surface area (TPSA) is 85.2 Å². The maximum absolute atomic E-state index is 12.1. The van der Waals surface area contributed by atoms with Crippen molar-refractivity contribution in [3.8, 4) is 0 Å². The average Bonchev–Trinajstić information content (AvgIpc) is 2.54. The smallest absolute Gasteiger partial charge is 0.164 e. The van der Waals surface area contributed by atoms with Crippen LogP contribution in [0.4, 0.5) is 5.82 Å². The summed E-state index contributed by atoms with van der Waals surface area (Å²) >= 11 is 0. The molecule has 1 fully saturated rings. The highest BCUT2D eigenvalue weighted by Gasteiger charge is 2.19. The van der Waals surface area contributed by atoms with Gasteiger partial charge in [0.1, 0.15) is 5.82 Å². The van der Waals surface area contributed by atoms with Crippen LogP contribution in [0.3, 0.4) is 0 Å². The van der Waals surface area contributed by atoms with Gasteiger partial charge in [-0.2, -0.15) is 0 Å². The molecule has 6 heteroatoms. The molecular weight excluding hydrogens is 312 g/mol. The summed E-state index contributed by atoms with van der Waals surface area (Å²) in [5.74, 6) is 1.41. The molecule has 0 aromatic carbocycles. The zero-order chi connectivity index (χ0) is 15.9. The van der Waals surface area contributed by atoms with Crippen LogP contribution in [0, 0.1) is 5.92 Å². The number of hydrogen-bond acceptors (Lipinski definition) is 5. The molecule has 5 nitrogen and oxygen atoms in total. The van der Waals surface area contributed by atoms with Gasteiger partial charge < -0.3 is 16.4 Å². The predicted molar refractivity (Wildman–Crippen MR) is 96.9 cm³/mol. The largest absolute Gasteiger partial charge is 0.384 e. The number of nitrogen functional groups attached to an aromatic ring is 1. The van der Waals surface area contributed by atoms with Gasteiger partial charge in [0.2, 0.25) is 0 Å². The van der Waals surface area contributed by atoms with E-state index in [1.165, 1.54) is 19.3 Å². The number of aromatic nitrogens is 1. The zero-order valence-corrected chi connectivity index (χ0v) is 14.7. The van der Waals surface area contributed by atoms with E-state index in [0.29, 0.717) is 17.8 Å². The van der Waals surface area contributed by atoms with Crippen LogP contribution >= 0.6 is 12.4 Å². The summed E-state index contributed by atoms with van der Waals surface area (Å²) in [7, 11) is 0. The first-order chi connectivity index (χ1) is 10.6. The zero-order valence-electron chi connectivity index (χ0n) is 13.9. The van der Waals surface area contributed by atoms with Crippen molar-refractivity contribution in [2.45, 2.75) is 45.1 Å². The van der Waals surface area contributed by atoms with E-state index in [2.05, 4.69) is 16.8 Å². The van der Waals surface area contributed by atoms with Gasteiger partial charge in [0.05, 0.1) is 0 Å². The molecule has 1 atom stereocenters. The Morgan fingerprint density at radius 1 is 1.39 bits per heavy atom. The lowest BCUT2D eigenvalue weighted by molar-refractivity contribution is 0.0972. The number of pyridine rings is 1. The molecule has 0 amide bonds. The Morgan fingerprint density at radius 2 is 2.09 bits per heavy atom. The number of rotatable bonds is 7. The number of ketones is 1. The van der Waals surface area contributed by atoms with Crippen molar-refractivity contribution in [3.63, 3.8) is 0 Å². The van der Waals surface area contributed by atoms with Crippen molar-refractivity contribution in [2.75, 3.05) is 25.4 Å². The third-order valence-electron chi connectivity index (χ3n) is 4.63. The molecule has 0 aliphatic carbocycles. The minimum Gasteiger partial charge on any atom is -0.384 e. The second-order valence-electron chi connectivity index (χ2n) is 6.35. The lowest BCUT2D eigenvalue weighted by Gasteiger charge is -2.33. The summed E-state index contributed by atoms with van der Waals surface area (Å²) in [5.41, 5.74) is 12.3. The van der Waals surface area contributed by atoms with Gasteiger partial charge in [-0.05, 0) is 50.4 Å². The third-order valence-corrected chi connectivity index (χ3v) is 4.63. The second-order valence-corrected chi connectivity index (χ2v) is 6.35. The predicted octanol–water partition coefficient (Wildman–Crippen LogP) is 2.50. The van der Waals surface area contributed by atoms with Gasteiger partial charge in [-0.25, -0.2) is 4.98 Å². The van der Waals surface area contributed by atoms with Crippen LogP contribution in [0.25, 0.3) is 0 Å². The van der Waals surface area contributed by atoms with E-state index in [-0.39, 0.29) is 24.2 Å². The lowest BCUT2D eigenvalue weighted by Crippen LogP contribution is -2.42. The molecule has 1 saturated heterocycles. The maximum Gasteiger partial charge on any atom is 0.164 e. The molecule has 0 unspecified atom stereocenters. The molecule has 0 bridgehead atoms. The number of nitrogens with zero attached hydrogens (tertiary/aromatic N) is 2. The highest BCUT2D eigenvalue weighted by Crippen LogP contribution is 2.20. The monoisotopic (exact) mass is 340 g/mol. The molecular formula is C17H29ClN4O. The summed E-state index contributed by atoms with van der Waals surface area (Å²) in [6.07, 6.45) is 6.57. The molecule has 4 N–H and O–H groups in total. The van der Waals surface area contributed by atoms with Gasteiger partial charge in [-0.3, -0.25) is 4.79 Å². The highest BCUT2D eigenvalue weighted by molar-refractivity contribution is 5.95. The van der Waals surface area contributed by atoms with Gasteiger partial charge in [-0.1, -0.05) is 13.3 Å². The molecule has 2 rings (SSSR count). The molecule has 130 valence electrons. The Bertz CT molecular complexity index is 472. The van der Waals surface area contributed by atoms with Gasteiger partial charge in [0, 0.05) is 30.8 Å². The highest BCUT2D eigenvalue weighted by atomic mass is 35.5. The summed E-state index contributed by atoms with van der Waals surface area (Å²) in [6, 6.07) is 3.44. The fourth-order valence-corrected chi connectivity index (χ4v) is 3.03. The van der Waals surface area contributed by atoms with E-state index in [0.717, 1.165) is 32.0 Å². The summed E-state index contributed by atoms with van der Waals surface area (Å²) in [5, 5.41) is 0. The SMILES string of the molecule is CCC1CCN(C[C@@H](N)CCC(=O)c2ccc(N)nc2)CC1.Cl. The molecule has 1 aromatic rings. The fraction of sp³-hybridized carbons (Fsp3) is 0.647. The number of likely N-dealkylation sites (tertiary alicyclic amines) is 1. The Morgan fingerprint density at radius 3 is 2.65 bits per heavy atom. The first-order valence-electron chi connectivity index (χ1n) is 8.31. The van der Waals surface area contributed by atoms with Crippen LogP contribution in [-0.4, -0.2) is 41.3 Å². The van der Waals surface area contributed by atoms with E-state index < -0.39 is 0 Å². The number of halogens is 1. The quantitative estimate of drug-likeness (QED) is 0.745. The van der Waals surface area contributed by atoms with Crippen LogP contribution < -0.4 is 11.5 Å². The van der Waals surface area contributed by atoms with Gasteiger partial charge >= 0.3 is 0 Å². The van der Waals surface area contributed by atoms with Crippen molar-refractivity contribution < 1.29 is 4.79 Å². The lowest BCUT2D eigenvalue weighted by atomic mass is 9.94. The molecule has 0 spiro atoms. The van der Waals surface area contributed by atoms with Crippen molar-refractivity contribution in [1.82, 2.24) is 9.88 Å². The number of hydrogen-bond donors (Lipinski definition) is 2. The molecule has 2 heterocycles. The number of piperidine rings is 1. The third kappa shape index (κ3) is 6.45. The Balaban J connectivity index is 0.00000264. The molecule has 0 saturated carbocycles. The first-order valence-corrected chi connectivity index (χ1v) is 8.31. The van der Waals surface area contributed by atoms with E-state index >= 15 is 0 Å². The number of carbonyl (C=O) groups excluding carboxylic acids is 1. The molecule has 23 heavy (non-hydrogen) atoms. The normalized spacial score (nSPS) is 17.5.